The van der Waals surface area contributed by atoms with Crippen molar-refractivity contribution >= 4 is 5.84 Å². The van der Waals surface area contributed by atoms with Crippen LogP contribution in [0.15, 0.2) is 17.5 Å². The van der Waals surface area contributed by atoms with Crippen molar-refractivity contribution < 1.29 is 9.94 Å². The second kappa shape index (κ2) is 5.14. The van der Waals surface area contributed by atoms with Gasteiger partial charge in [0.15, 0.2) is 5.84 Å². The summed E-state index contributed by atoms with van der Waals surface area (Å²) in [5.74, 6) is 0.358. The van der Waals surface area contributed by atoms with Gasteiger partial charge in [0.1, 0.15) is 5.69 Å². The molecule has 6 heteroatoms. The van der Waals surface area contributed by atoms with Gasteiger partial charge in [0.25, 0.3) is 0 Å². The van der Waals surface area contributed by atoms with Crippen molar-refractivity contribution in [2.75, 3.05) is 0 Å². The highest BCUT2D eigenvalue weighted by Gasteiger charge is 2.05. The number of nitrogens with zero attached hydrogens (tertiary/aromatic N) is 3. The first-order chi connectivity index (χ1) is 7.17. The van der Waals surface area contributed by atoms with Crippen molar-refractivity contribution in [3.05, 3.63) is 18.1 Å². The molecule has 0 amide bonds. The van der Waals surface area contributed by atoms with E-state index in [2.05, 4.69) is 15.1 Å². The Labute approximate surface area is 87.8 Å². The van der Waals surface area contributed by atoms with Crippen LogP contribution in [0.4, 0.5) is 0 Å². The molecule has 0 aliphatic heterocycles. The van der Waals surface area contributed by atoms with Crippen molar-refractivity contribution in [2.24, 2.45) is 10.9 Å². The summed E-state index contributed by atoms with van der Waals surface area (Å²) < 4.78 is 5.42. The Morgan fingerprint density at radius 3 is 2.80 bits per heavy atom. The first kappa shape index (κ1) is 11.2. The summed E-state index contributed by atoms with van der Waals surface area (Å²) >= 11 is 0. The zero-order valence-electron chi connectivity index (χ0n) is 8.71. The largest absolute Gasteiger partial charge is 0.474 e. The normalized spacial score (nSPS) is 13.6. The SMILES string of the molecule is CCC(C)Oc1cnc(C(N)=NO)cn1. The summed E-state index contributed by atoms with van der Waals surface area (Å²) in [4.78, 5) is 7.91. The molecule has 0 spiro atoms. The van der Waals surface area contributed by atoms with E-state index in [9.17, 15) is 0 Å². The Hall–Kier alpha value is -1.85. The Morgan fingerprint density at radius 1 is 1.60 bits per heavy atom. The molecule has 0 aliphatic carbocycles. The second-order valence-electron chi connectivity index (χ2n) is 3.06. The Morgan fingerprint density at radius 2 is 2.33 bits per heavy atom. The lowest BCUT2D eigenvalue weighted by Gasteiger charge is -2.10. The number of aromatic nitrogens is 2. The summed E-state index contributed by atoms with van der Waals surface area (Å²) in [6.07, 6.45) is 3.82. The van der Waals surface area contributed by atoms with Crippen LogP contribution in [0, 0.1) is 0 Å². The number of amidine groups is 1. The zero-order chi connectivity index (χ0) is 11.3. The molecule has 1 unspecified atom stereocenters. The van der Waals surface area contributed by atoms with Crippen LogP contribution in [0.25, 0.3) is 0 Å². The molecule has 1 aromatic heterocycles. The number of nitrogens with two attached hydrogens (primary N) is 1. The van der Waals surface area contributed by atoms with E-state index < -0.39 is 0 Å². The predicted octanol–water partition coefficient (Wildman–Crippen LogP) is 0.748. The average Bonchev–Trinajstić information content (AvgIpc) is 2.29. The number of hydrogen-bond donors (Lipinski definition) is 2. The van der Waals surface area contributed by atoms with Crippen LogP contribution in [0.5, 0.6) is 5.88 Å². The Kier molecular flexibility index (Phi) is 3.84. The smallest absolute Gasteiger partial charge is 0.232 e. The van der Waals surface area contributed by atoms with Crippen molar-refractivity contribution in [3.63, 3.8) is 0 Å². The highest BCUT2D eigenvalue weighted by Crippen LogP contribution is 2.07. The van der Waals surface area contributed by atoms with Crippen LogP contribution in [-0.4, -0.2) is 27.1 Å². The molecule has 3 N–H and O–H groups in total. The van der Waals surface area contributed by atoms with E-state index in [0.717, 1.165) is 6.42 Å². The van der Waals surface area contributed by atoms with E-state index in [1.165, 1.54) is 12.4 Å². The zero-order valence-corrected chi connectivity index (χ0v) is 8.71. The fourth-order valence-electron chi connectivity index (χ4n) is 0.850. The highest BCUT2D eigenvalue weighted by atomic mass is 16.5. The summed E-state index contributed by atoms with van der Waals surface area (Å²) in [6, 6.07) is 0. The maximum Gasteiger partial charge on any atom is 0.232 e. The third-order valence-electron chi connectivity index (χ3n) is 1.90. The fraction of sp³-hybridized carbons (Fsp3) is 0.444. The van der Waals surface area contributed by atoms with Gasteiger partial charge in [0.2, 0.25) is 5.88 Å². The monoisotopic (exact) mass is 210 g/mol. The van der Waals surface area contributed by atoms with Crippen LogP contribution in [0.2, 0.25) is 0 Å². The molecule has 0 saturated heterocycles. The molecule has 15 heavy (non-hydrogen) atoms. The third kappa shape index (κ3) is 3.08. The lowest BCUT2D eigenvalue weighted by atomic mass is 10.3. The average molecular weight is 210 g/mol. The second-order valence-corrected chi connectivity index (χ2v) is 3.06. The molecule has 0 saturated carbocycles. The molecule has 0 aromatic carbocycles. The van der Waals surface area contributed by atoms with Crippen molar-refractivity contribution in [1.29, 1.82) is 0 Å². The summed E-state index contributed by atoms with van der Waals surface area (Å²) in [6.45, 7) is 3.96. The summed E-state index contributed by atoms with van der Waals surface area (Å²) in [5.41, 5.74) is 5.64. The van der Waals surface area contributed by atoms with Crippen molar-refractivity contribution in [2.45, 2.75) is 26.4 Å². The third-order valence-corrected chi connectivity index (χ3v) is 1.90. The lowest BCUT2D eigenvalue weighted by Crippen LogP contribution is -2.16. The van der Waals surface area contributed by atoms with E-state index in [1.807, 2.05) is 13.8 Å². The molecule has 0 aliphatic rings. The van der Waals surface area contributed by atoms with Crippen LogP contribution in [0.3, 0.4) is 0 Å². The summed E-state index contributed by atoms with van der Waals surface area (Å²) in [7, 11) is 0. The molecule has 0 fully saturated rings. The maximum atomic E-state index is 8.40. The molecular formula is C9H14N4O2. The van der Waals surface area contributed by atoms with Gasteiger partial charge in [-0.05, 0) is 13.3 Å². The van der Waals surface area contributed by atoms with E-state index >= 15 is 0 Å². The van der Waals surface area contributed by atoms with E-state index in [1.54, 1.807) is 0 Å². The van der Waals surface area contributed by atoms with Gasteiger partial charge in [-0.2, -0.15) is 0 Å². The van der Waals surface area contributed by atoms with Crippen LogP contribution in [0.1, 0.15) is 26.0 Å². The van der Waals surface area contributed by atoms with Gasteiger partial charge in [0, 0.05) is 0 Å². The molecule has 6 nitrogen and oxygen atoms in total. The van der Waals surface area contributed by atoms with E-state index in [0.29, 0.717) is 11.6 Å². The minimum atomic E-state index is -0.0717. The molecule has 1 aromatic rings. The molecule has 1 heterocycles. The maximum absolute atomic E-state index is 8.40. The Bertz CT molecular complexity index is 336. The molecule has 1 rings (SSSR count). The van der Waals surface area contributed by atoms with Gasteiger partial charge >= 0.3 is 0 Å². The molecule has 0 bridgehead atoms. The van der Waals surface area contributed by atoms with Crippen LogP contribution in [-0.2, 0) is 0 Å². The number of rotatable bonds is 4. The van der Waals surface area contributed by atoms with E-state index in [4.69, 9.17) is 15.7 Å². The van der Waals surface area contributed by atoms with Gasteiger partial charge in [-0.1, -0.05) is 12.1 Å². The van der Waals surface area contributed by atoms with Gasteiger partial charge in [-0.25, -0.2) is 9.97 Å². The molecule has 1 atom stereocenters. The highest BCUT2D eigenvalue weighted by molar-refractivity contribution is 5.94. The number of ether oxygens (including phenoxy) is 1. The van der Waals surface area contributed by atoms with Crippen LogP contribution < -0.4 is 10.5 Å². The van der Waals surface area contributed by atoms with E-state index in [-0.39, 0.29) is 11.9 Å². The Balaban J connectivity index is 2.72. The topological polar surface area (TPSA) is 93.6 Å². The lowest BCUT2D eigenvalue weighted by molar-refractivity contribution is 0.207. The predicted molar refractivity (Wildman–Crippen MR) is 54.9 cm³/mol. The van der Waals surface area contributed by atoms with Gasteiger partial charge in [-0.3, -0.25) is 0 Å². The number of oxime groups is 1. The number of hydrogen-bond acceptors (Lipinski definition) is 5. The fourth-order valence-corrected chi connectivity index (χ4v) is 0.850. The molecule has 82 valence electrons. The standard InChI is InChI=1S/C9H14N4O2/c1-3-6(2)15-8-5-11-7(4-12-8)9(10)13-14/h4-6,14H,3H2,1-2H3,(H2,10,13). The first-order valence-electron chi connectivity index (χ1n) is 4.64. The van der Waals surface area contributed by atoms with Gasteiger partial charge in [-0.15, -0.1) is 0 Å². The quantitative estimate of drug-likeness (QED) is 0.331. The summed E-state index contributed by atoms with van der Waals surface area (Å²) in [5, 5.41) is 11.2. The first-order valence-corrected chi connectivity index (χ1v) is 4.64. The van der Waals surface area contributed by atoms with Crippen molar-refractivity contribution in [3.8, 4) is 5.88 Å². The van der Waals surface area contributed by atoms with Crippen molar-refractivity contribution in [1.82, 2.24) is 9.97 Å². The minimum absolute atomic E-state index is 0.0717. The van der Waals surface area contributed by atoms with Crippen LogP contribution >= 0.6 is 0 Å². The molecular weight excluding hydrogens is 196 g/mol. The minimum Gasteiger partial charge on any atom is -0.474 e. The van der Waals surface area contributed by atoms with Gasteiger partial charge < -0.3 is 15.7 Å². The van der Waals surface area contributed by atoms with Gasteiger partial charge in [0.05, 0.1) is 18.5 Å². The molecule has 0 radical (unpaired) electrons.